The number of allylic oxidation sites excluding steroid dienone is 2. The lowest BCUT2D eigenvalue weighted by Gasteiger charge is -2.77. The molecule has 204 valence electrons. The first-order valence-corrected chi connectivity index (χ1v) is 14.1. The fraction of sp³-hybridized carbons (Fsp3) is 0.581. The number of hydrogen-bond acceptors (Lipinski definition) is 7. The van der Waals surface area contributed by atoms with Gasteiger partial charge in [0.05, 0.1) is 24.9 Å². The number of rotatable bonds is 2. The van der Waals surface area contributed by atoms with Crippen LogP contribution in [0.5, 0.6) is 0 Å². The van der Waals surface area contributed by atoms with Gasteiger partial charge in [-0.2, -0.15) is 0 Å². The lowest BCUT2D eigenvalue weighted by Crippen LogP contribution is -2.87. The van der Waals surface area contributed by atoms with Crippen molar-refractivity contribution < 1.29 is 24.1 Å². The minimum atomic E-state index is -1.50. The van der Waals surface area contributed by atoms with Crippen LogP contribution < -0.4 is 0 Å². The highest BCUT2D eigenvalue weighted by Crippen LogP contribution is 2.80. The van der Waals surface area contributed by atoms with Gasteiger partial charge >= 0.3 is 0 Å². The molecule has 2 aromatic rings. The molecule has 8 heteroatoms. The lowest BCUT2D eigenvalue weighted by atomic mass is 9.36. The van der Waals surface area contributed by atoms with E-state index in [9.17, 15) is 9.90 Å². The number of nitrogens with zero attached hydrogens (tertiary/aromatic N) is 3. The number of hydrogen-bond donors (Lipinski definition) is 1. The third-order valence-corrected chi connectivity index (χ3v) is 11.0. The molecule has 3 saturated carbocycles. The highest BCUT2D eigenvalue weighted by atomic mass is 16.8. The number of aliphatic hydroxyl groups is 1. The van der Waals surface area contributed by atoms with E-state index in [0.717, 1.165) is 24.1 Å². The molecule has 9 rings (SSSR count). The molecule has 3 aliphatic heterocycles. The fourth-order valence-corrected chi connectivity index (χ4v) is 9.94. The molecule has 3 saturated heterocycles. The minimum absolute atomic E-state index is 0.0678. The zero-order valence-corrected chi connectivity index (χ0v) is 22.8. The molecular formula is C31H35N3O5. The van der Waals surface area contributed by atoms with Gasteiger partial charge < -0.3 is 19.3 Å². The molecule has 7 aliphatic rings. The summed E-state index contributed by atoms with van der Waals surface area (Å²) in [4.78, 5) is 14.5. The van der Waals surface area contributed by atoms with Crippen molar-refractivity contribution in [1.82, 2.24) is 15.0 Å². The van der Waals surface area contributed by atoms with E-state index in [-0.39, 0.29) is 35.0 Å². The van der Waals surface area contributed by atoms with Crippen LogP contribution in [-0.4, -0.2) is 56.3 Å². The summed E-state index contributed by atoms with van der Waals surface area (Å²) in [5.74, 6) is -3.11. The SMILES string of the molecule is C=C1C(=O)[C@@]23[C@@H]4OC(C)(C)O[C@@]25OC[C@]2([C@@H](n6cc(-c7ccccc7)nn6)C=CC(C)(C)[C@H]2[C@@H]5O)[C@@H]3CC[C@@H]14. The van der Waals surface area contributed by atoms with Crippen molar-refractivity contribution >= 4 is 5.78 Å². The van der Waals surface area contributed by atoms with Crippen LogP contribution in [0, 0.1) is 34.0 Å². The van der Waals surface area contributed by atoms with Crippen LogP contribution in [0.15, 0.2) is 60.8 Å². The Kier molecular flexibility index (Phi) is 4.43. The van der Waals surface area contributed by atoms with Crippen LogP contribution >= 0.6 is 0 Å². The largest absolute Gasteiger partial charge is 0.387 e. The topological polar surface area (TPSA) is 95.7 Å². The van der Waals surface area contributed by atoms with Crippen molar-refractivity contribution in [3.05, 3.63) is 60.8 Å². The Morgan fingerprint density at radius 1 is 1.13 bits per heavy atom. The van der Waals surface area contributed by atoms with E-state index in [2.05, 4.69) is 42.9 Å². The highest BCUT2D eigenvalue weighted by Gasteiger charge is 2.89. The average molecular weight is 530 g/mol. The maximum absolute atomic E-state index is 14.5. The van der Waals surface area contributed by atoms with Gasteiger partial charge in [-0.15, -0.1) is 5.10 Å². The summed E-state index contributed by atoms with van der Waals surface area (Å²) in [6.07, 6.45) is 6.45. The second-order valence-corrected chi connectivity index (χ2v) is 13.6. The summed E-state index contributed by atoms with van der Waals surface area (Å²) in [6, 6.07) is 9.71. The van der Waals surface area contributed by atoms with E-state index >= 15 is 0 Å². The Hall–Kier alpha value is -2.65. The van der Waals surface area contributed by atoms with Gasteiger partial charge in [0.2, 0.25) is 5.79 Å². The normalized spacial score (nSPS) is 46.2. The Morgan fingerprint density at radius 3 is 2.67 bits per heavy atom. The van der Waals surface area contributed by atoms with Gasteiger partial charge in [-0.05, 0) is 43.6 Å². The first kappa shape index (κ1) is 24.2. The van der Waals surface area contributed by atoms with E-state index in [0.29, 0.717) is 12.2 Å². The van der Waals surface area contributed by atoms with Crippen molar-refractivity contribution in [2.45, 2.75) is 70.4 Å². The molecule has 4 aliphatic carbocycles. The van der Waals surface area contributed by atoms with Crippen molar-refractivity contribution in [3.63, 3.8) is 0 Å². The number of carbonyl (C=O) groups is 1. The Bertz CT molecular complexity index is 1450. The Morgan fingerprint density at radius 2 is 1.90 bits per heavy atom. The zero-order chi connectivity index (χ0) is 27.2. The smallest absolute Gasteiger partial charge is 0.213 e. The predicted octanol–water partition coefficient (Wildman–Crippen LogP) is 4.09. The Labute approximate surface area is 228 Å². The quantitative estimate of drug-likeness (QED) is 0.463. The molecule has 39 heavy (non-hydrogen) atoms. The number of ketones is 1. The second kappa shape index (κ2) is 7.16. The summed E-state index contributed by atoms with van der Waals surface area (Å²) >= 11 is 0. The standard InChI is InChI=1S/C31H35N3O5/c1-17-19-11-12-21-29-16-37-31(30(21,24(17)35)26(19)38-28(4,5)39-31)25(36)23(29)27(2,3)14-13-22(29)34-15-20(32-33-34)18-9-7-6-8-10-18/h6-10,13-15,19,21-23,25-26,36H,1,11-12,16H2,2-5H3/t19-,21-,22-,23+,25-,26+,29+,30-,31+/m0/s1. The van der Waals surface area contributed by atoms with Gasteiger partial charge in [0.15, 0.2) is 11.6 Å². The Balaban J connectivity index is 1.37. The summed E-state index contributed by atoms with van der Waals surface area (Å²) in [7, 11) is 0. The lowest BCUT2D eigenvalue weighted by molar-refractivity contribution is -0.529. The van der Waals surface area contributed by atoms with Gasteiger partial charge in [-0.1, -0.05) is 68.1 Å². The molecule has 4 bridgehead atoms. The zero-order valence-electron chi connectivity index (χ0n) is 22.8. The molecule has 0 amide bonds. The number of Topliss-reactive ketones (excluding diaryl/α,β-unsaturated/α-hetero) is 1. The molecule has 1 N–H and O–H groups in total. The summed E-state index contributed by atoms with van der Waals surface area (Å²) < 4.78 is 22.0. The third-order valence-electron chi connectivity index (χ3n) is 11.0. The molecule has 0 radical (unpaired) electrons. The van der Waals surface area contributed by atoms with E-state index < -0.39 is 34.6 Å². The number of ether oxygens (including phenoxy) is 3. The summed E-state index contributed by atoms with van der Waals surface area (Å²) in [5.41, 5.74) is 0.151. The molecule has 9 atom stereocenters. The first-order valence-electron chi connectivity index (χ1n) is 14.1. The fourth-order valence-electron chi connectivity index (χ4n) is 9.94. The number of fused-ring (bicyclic) bond motifs is 1. The van der Waals surface area contributed by atoms with Crippen molar-refractivity contribution in [2.24, 2.45) is 34.0 Å². The number of benzene rings is 1. The monoisotopic (exact) mass is 529 g/mol. The van der Waals surface area contributed by atoms with E-state index in [1.54, 1.807) is 0 Å². The highest BCUT2D eigenvalue weighted by molar-refractivity contribution is 6.05. The molecule has 0 unspecified atom stereocenters. The van der Waals surface area contributed by atoms with E-state index in [1.165, 1.54) is 0 Å². The van der Waals surface area contributed by atoms with Crippen LogP contribution in [0.3, 0.4) is 0 Å². The third kappa shape index (κ3) is 2.54. The minimum Gasteiger partial charge on any atom is -0.387 e. The number of carbonyl (C=O) groups excluding carboxylic acids is 1. The molecule has 1 aromatic heterocycles. The van der Waals surface area contributed by atoms with E-state index in [1.807, 2.05) is 55.1 Å². The number of aliphatic hydroxyl groups excluding tert-OH is 1. The van der Waals surface area contributed by atoms with Crippen molar-refractivity contribution in [2.75, 3.05) is 6.61 Å². The first-order chi connectivity index (χ1) is 18.5. The van der Waals surface area contributed by atoms with Crippen LogP contribution in [0.2, 0.25) is 0 Å². The predicted molar refractivity (Wildman–Crippen MR) is 141 cm³/mol. The van der Waals surface area contributed by atoms with Gasteiger partial charge in [0.25, 0.3) is 0 Å². The maximum atomic E-state index is 14.5. The number of aromatic nitrogens is 3. The van der Waals surface area contributed by atoms with Gasteiger partial charge in [-0.25, -0.2) is 4.68 Å². The van der Waals surface area contributed by atoms with Crippen molar-refractivity contribution in [3.8, 4) is 11.3 Å². The van der Waals surface area contributed by atoms with Crippen molar-refractivity contribution in [1.29, 1.82) is 0 Å². The van der Waals surface area contributed by atoms with Gasteiger partial charge in [0, 0.05) is 22.8 Å². The molecule has 4 heterocycles. The molecule has 1 aromatic carbocycles. The molecular weight excluding hydrogens is 494 g/mol. The average Bonchev–Trinajstić information content (AvgIpc) is 3.42. The summed E-state index contributed by atoms with van der Waals surface area (Å²) in [5, 5.41) is 21.7. The van der Waals surface area contributed by atoms with E-state index in [4.69, 9.17) is 14.2 Å². The molecule has 6 fully saturated rings. The maximum Gasteiger partial charge on any atom is 0.213 e. The van der Waals surface area contributed by atoms with Gasteiger partial charge in [0.1, 0.15) is 17.2 Å². The summed E-state index contributed by atoms with van der Waals surface area (Å²) in [6.45, 7) is 12.6. The van der Waals surface area contributed by atoms with Crippen LogP contribution in [0.4, 0.5) is 0 Å². The van der Waals surface area contributed by atoms with Gasteiger partial charge in [-0.3, -0.25) is 4.79 Å². The molecule has 3 spiro atoms. The molecule has 8 nitrogen and oxygen atoms in total. The second-order valence-electron chi connectivity index (χ2n) is 13.6. The van der Waals surface area contributed by atoms with Crippen LogP contribution in [-0.2, 0) is 19.0 Å². The van der Waals surface area contributed by atoms with Crippen LogP contribution in [0.25, 0.3) is 11.3 Å². The van der Waals surface area contributed by atoms with Crippen LogP contribution in [0.1, 0.15) is 46.6 Å².